The van der Waals surface area contributed by atoms with Gasteiger partial charge in [0.1, 0.15) is 11.3 Å². The van der Waals surface area contributed by atoms with E-state index in [2.05, 4.69) is 9.97 Å². The van der Waals surface area contributed by atoms with E-state index >= 15 is 0 Å². The van der Waals surface area contributed by atoms with E-state index in [4.69, 9.17) is 4.42 Å². The minimum atomic E-state index is -0.330. The molecule has 3 nitrogen and oxygen atoms in total. The third-order valence-corrected chi connectivity index (χ3v) is 2.44. The number of benzene rings is 1. The lowest BCUT2D eigenvalue weighted by Gasteiger charge is -1.87. The van der Waals surface area contributed by atoms with Crippen LogP contribution in [0.2, 0.25) is 0 Å². The summed E-state index contributed by atoms with van der Waals surface area (Å²) >= 11 is 0. The van der Waals surface area contributed by atoms with Crippen LogP contribution < -0.4 is 0 Å². The van der Waals surface area contributed by atoms with Crippen molar-refractivity contribution in [1.29, 1.82) is 0 Å². The number of fused-ring (bicyclic) bond motifs is 1. The SMILES string of the molecule is Cc1ccc(-c2nc3c(F)cccc3[nH]2)o1. The van der Waals surface area contributed by atoms with Crippen molar-refractivity contribution in [3.63, 3.8) is 0 Å². The van der Waals surface area contributed by atoms with Crippen molar-refractivity contribution in [3.05, 3.63) is 41.9 Å². The Morgan fingerprint density at radius 2 is 2.12 bits per heavy atom. The first-order valence-corrected chi connectivity index (χ1v) is 4.95. The first-order valence-electron chi connectivity index (χ1n) is 4.95. The van der Waals surface area contributed by atoms with Gasteiger partial charge in [-0.05, 0) is 31.2 Å². The first-order chi connectivity index (χ1) is 7.74. The zero-order valence-corrected chi connectivity index (χ0v) is 8.62. The molecule has 3 rings (SSSR count). The number of imidazole rings is 1. The van der Waals surface area contributed by atoms with Crippen LogP contribution >= 0.6 is 0 Å². The molecule has 0 saturated heterocycles. The molecule has 0 fully saturated rings. The molecule has 0 amide bonds. The van der Waals surface area contributed by atoms with Crippen LogP contribution in [0.25, 0.3) is 22.6 Å². The number of halogens is 1. The summed E-state index contributed by atoms with van der Waals surface area (Å²) in [6.07, 6.45) is 0. The zero-order chi connectivity index (χ0) is 11.1. The second-order valence-corrected chi connectivity index (χ2v) is 3.63. The number of aromatic nitrogens is 2. The van der Waals surface area contributed by atoms with Crippen LogP contribution in [0, 0.1) is 12.7 Å². The van der Waals surface area contributed by atoms with Gasteiger partial charge in [0.05, 0.1) is 5.52 Å². The Labute approximate surface area is 90.9 Å². The molecule has 0 atom stereocenters. The molecule has 0 aliphatic heterocycles. The molecule has 0 unspecified atom stereocenters. The minimum absolute atomic E-state index is 0.330. The number of hydrogen-bond donors (Lipinski definition) is 1. The fraction of sp³-hybridized carbons (Fsp3) is 0.0833. The van der Waals surface area contributed by atoms with Gasteiger partial charge < -0.3 is 9.40 Å². The molecule has 2 heterocycles. The number of aryl methyl sites for hydroxylation is 1. The summed E-state index contributed by atoms with van der Waals surface area (Å²) in [5, 5.41) is 0. The second kappa shape index (κ2) is 3.20. The van der Waals surface area contributed by atoms with E-state index in [0.717, 1.165) is 5.76 Å². The van der Waals surface area contributed by atoms with Gasteiger partial charge in [-0.1, -0.05) is 6.07 Å². The third-order valence-electron chi connectivity index (χ3n) is 2.44. The van der Waals surface area contributed by atoms with Gasteiger partial charge in [0.2, 0.25) is 0 Å². The number of rotatable bonds is 1. The monoisotopic (exact) mass is 216 g/mol. The molecule has 1 aromatic carbocycles. The highest BCUT2D eigenvalue weighted by molar-refractivity contribution is 5.78. The Morgan fingerprint density at radius 1 is 1.25 bits per heavy atom. The first kappa shape index (κ1) is 9.15. The second-order valence-electron chi connectivity index (χ2n) is 3.63. The molecule has 3 aromatic rings. The maximum absolute atomic E-state index is 13.4. The minimum Gasteiger partial charge on any atom is -0.458 e. The summed E-state index contributed by atoms with van der Waals surface area (Å²) in [7, 11) is 0. The molecule has 2 aromatic heterocycles. The number of H-pyrrole nitrogens is 1. The Hall–Kier alpha value is -2.10. The van der Waals surface area contributed by atoms with E-state index in [-0.39, 0.29) is 5.82 Å². The van der Waals surface area contributed by atoms with Crippen molar-refractivity contribution < 1.29 is 8.81 Å². The number of para-hydroxylation sites is 1. The van der Waals surface area contributed by atoms with Crippen molar-refractivity contribution >= 4 is 11.0 Å². The Kier molecular flexibility index (Phi) is 1.83. The van der Waals surface area contributed by atoms with Gasteiger partial charge in [-0.15, -0.1) is 0 Å². The van der Waals surface area contributed by atoms with Crippen LogP contribution in [-0.2, 0) is 0 Å². The molecule has 1 N–H and O–H groups in total. The van der Waals surface area contributed by atoms with Gasteiger partial charge in [0.25, 0.3) is 0 Å². The number of furan rings is 1. The summed E-state index contributed by atoms with van der Waals surface area (Å²) in [5.41, 5.74) is 1.01. The molecule has 0 bridgehead atoms. The van der Waals surface area contributed by atoms with Gasteiger partial charge in [-0.3, -0.25) is 0 Å². The quantitative estimate of drug-likeness (QED) is 0.678. The standard InChI is InChI=1S/C12H9FN2O/c1-7-5-6-10(16-7)12-14-9-4-2-3-8(13)11(9)15-12/h2-6H,1H3,(H,14,15). The summed E-state index contributed by atoms with van der Waals surface area (Å²) in [4.78, 5) is 7.19. The van der Waals surface area contributed by atoms with Gasteiger partial charge >= 0.3 is 0 Å². The smallest absolute Gasteiger partial charge is 0.174 e. The van der Waals surface area contributed by atoms with E-state index in [1.165, 1.54) is 6.07 Å². The van der Waals surface area contributed by atoms with Crippen LogP contribution in [0.1, 0.15) is 5.76 Å². The molecule has 16 heavy (non-hydrogen) atoms. The maximum atomic E-state index is 13.4. The number of nitrogens with zero attached hydrogens (tertiary/aromatic N) is 1. The molecular formula is C12H9FN2O. The topological polar surface area (TPSA) is 41.8 Å². The average Bonchev–Trinajstić information content (AvgIpc) is 2.84. The highest BCUT2D eigenvalue weighted by Crippen LogP contribution is 2.23. The highest BCUT2D eigenvalue weighted by Gasteiger charge is 2.10. The van der Waals surface area contributed by atoms with Gasteiger partial charge in [-0.2, -0.15) is 0 Å². The van der Waals surface area contributed by atoms with Crippen molar-refractivity contribution in [2.75, 3.05) is 0 Å². The summed E-state index contributed by atoms with van der Waals surface area (Å²) < 4.78 is 18.8. The Bertz CT molecular complexity index is 654. The van der Waals surface area contributed by atoms with Gasteiger partial charge in [0.15, 0.2) is 17.4 Å². The summed E-state index contributed by atoms with van der Waals surface area (Å²) in [5.74, 6) is 1.64. The van der Waals surface area contributed by atoms with Crippen LogP contribution in [0.4, 0.5) is 4.39 Å². The van der Waals surface area contributed by atoms with Crippen molar-refractivity contribution in [2.45, 2.75) is 6.92 Å². The lowest BCUT2D eigenvalue weighted by Crippen LogP contribution is -1.76. The lowest BCUT2D eigenvalue weighted by molar-refractivity contribution is 0.545. The van der Waals surface area contributed by atoms with E-state index in [9.17, 15) is 4.39 Å². The Morgan fingerprint density at radius 3 is 2.81 bits per heavy atom. The van der Waals surface area contributed by atoms with Crippen molar-refractivity contribution in [3.8, 4) is 11.6 Å². The van der Waals surface area contributed by atoms with Crippen molar-refractivity contribution in [1.82, 2.24) is 9.97 Å². The maximum Gasteiger partial charge on any atom is 0.174 e. The van der Waals surface area contributed by atoms with Crippen molar-refractivity contribution in [2.24, 2.45) is 0 Å². The van der Waals surface area contributed by atoms with Crippen LogP contribution in [0.5, 0.6) is 0 Å². The highest BCUT2D eigenvalue weighted by atomic mass is 19.1. The average molecular weight is 216 g/mol. The fourth-order valence-corrected chi connectivity index (χ4v) is 1.68. The molecule has 80 valence electrons. The van der Waals surface area contributed by atoms with Crippen LogP contribution in [0.3, 0.4) is 0 Å². The lowest BCUT2D eigenvalue weighted by atomic mass is 10.3. The van der Waals surface area contributed by atoms with Crippen LogP contribution in [-0.4, -0.2) is 9.97 Å². The zero-order valence-electron chi connectivity index (χ0n) is 8.62. The molecular weight excluding hydrogens is 207 g/mol. The predicted molar refractivity (Wildman–Crippen MR) is 58.5 cm³/mol. The summed E-state index contributed by atoms with van der Waals surface area (Å²) in [6, 6.07) is 8.47. The molecule has 0 saturated carbocycles. The van der Waals surface area contributed by atoms with Gasteiger partial charge in [0, 0.05) is 0 Å². The molecule has 0 aliphatic carbocycles. The molecule has 0 radical (unpaired) electrons. The summed E-state index contributed by atoms with van der Waals surface area (Å²) in [6.45, 7) is 1.85. The third kappa shape index (κ3) is 1.31. The normalized spacial score (nSPS) is 11.1. The molecule has 4 heteroatoms. The number of aromatic amines is 1. The van der Waals surface area contributed by atoms with E-state index in [1.807, 2.05) is 19.1 Å². The van der Waals surface area contributed by atoms with E-state index in [0.29, 0.717) is 22.6 Å². The van der Waals surface area contributed by atoms with Crippen LogP contribution in [0.15, 0.2) is 34.7 Å². The molecule has 0 aliphatic rings. The fourth-order valence-electron chi connectivity index (χ4n) is 1.68. The van der Waals surface area contributed by atoms with Gasteiger partial charge in [-0.25, -0.2) is 9.37 Å². The Balaban J connectivity index is 2.22. The number of hydrogen-bond acceptors (Lipinski definition) is 2. The largest absolute Gasteiger partial charge is 0.458 e. The van der Waals surface area contributed by atoms with E-state index < -0.39 is 0 Å². The molecule has 0 spiro atoms. The number of nitrogens with one attached hydrogen (secondary N) is 1. The van der Waals surface area contributed by atoms with E-state index in [1.54, 1.807) is 12.1 Å². The predicted octanol–water partition coefficient (Wildman–Crippen LogP) is 3.27.